The summed E-state index contributed by atoms with van der Waals surface area (Å²) in [4.78, 5) is 15.1. The van der Waals surface area contributed by atoms with Crippen LogP contribution in [-0.4, -0.2) is 58.1 Å². The van der Waals surface area contributed by atoms with Crippen molar-refractivity contribution in [2.24, 2.45) is 10.1 Å². The first kappa shape index (κ1) is 18.0. The van der Waals surface area contributed by atoms with Crippen molar-refractivity contribution in [2.45, 2.75) is 0 Å². The van der Waals surface area contributed by atoms with Crippen LogP contribution in [0.3, 0.4) is 0 Å². The zero-order valence-corrected chi connectivity index (χ0v) is 14.9. The van der Waals surface area contributed by atoms with Crippen molar-refractivity contribution >= 4 is 18.5 Å². The van der Waals surface area contributed by atoms with E-state index in [1.807, 2.05) is 62.6 Å². The second-order valence-corrected chi connectivity index (χ2v) is 5.91. The van der Waals surface area contributed by atoms with Crippen molar-refractivity contribution in [2.75, 3.05) is 14.1 Å². The van der Waals surface area contributed by atoms with Gasteiger partial charge in [0, 0.05) is 25.2 Å². The van der Waals surface area contributed by atoms with E-state index in [0.29, 0.717) is 17.1 Å². The van der Waals surface area contributed by atoms with Crippen molar-refractivity contribution in [1.82, 2.24) is 20.4 Å². The smallest absolute Gasteiger partial charge is 0.358 e. The van der Waals surface area contributed by atoms with Crippen LogP contribution in [0, 0.1) is 0 Å². The van der Waals surface area contributed by atoms with Crippen molar-refractivity contribution in [3.63, 3.8) is 0 Å². The molecule has 0 aliphatic carbocycles. The third-order valence-corrected chi connectivity index (χ3v) is 3.83. The molecular weight excluding hydrogens is 344 g/mol. The minimum atomic E-state index is -1.12. The Morgan fingerprint density at radius 1 is 1.00 bits per heavy atom. The summed E-state index contributed by atoms with van der Waals surface area (Å²) in [6, 6.07) is 15.3. The lowest BCUT2D eigenvalue weighted by molar-refractivity contribution is 0.0691. The first-order chi connectivity index (χ1) is 13.0. The molecule has 0 spiro atoms. The zero-order chi connectivity index (χ0) is 19.4. The Morgan fingerprint density at radius 2 is 1.56 bits per heavy atom. The minimum absolute atomic E-state index is 0.100. The SMILES string of the molecule is C=N/C(=N\N(C)C)c1ccc(-c2ccc(-c3n[nH]nc3C(=O)O)cc2)cc1. The molecule has 3 rings (SSSR count). The van der Waals surface area contributed by atoms with Gasteiger partial charge < -0.3 is 10.1 Å². The Hall–Kier alpha value is -3.81. The van der Waals surface area contributed by atoms with Gasteiger partial charge in [-0.15, -0.1) is 5.10 Å². The first-order valence-corrected chi connectivity index (χ1v) is 8.07. The molecule has 8 nitrogen and oxygen atoms in total. The second-order valence-electron chi connectivity index (χ2n) is 5.91. The average molecular weight is 362 g/mol. The van der Waals surface area contributed by atoms with Crippen LogP contribution in [0.2, 0.25) is 0 Å². The van der Waals surface area contributed by atoms with Gasteiger partial charge in [-0.2, -0.15) is 15.4 Å². The van der Waals surface area contributed by atoms with Gasteiger partial charge in [-0.1, -0.05) is 48.5 Å². The number of hydrazone groups is 1. The molecule has 0 amide bonds. The number of rotatable bonds is 5. The highest BCUT2D eigenvalue weighted by Crippen LogP contribution is 2.25. The lowest BCUT2D eigenvalue weighted by Gasteiger charge is -2.08. The number of nitrogens with zero attached hydrogens (tertiary/aromatic N) is 5. The molecule has 2 aromatic carbocycles. The quantitative estimate of drug-likeness (QED) is 0.412. The fourth-order valence-corrected chi connectivity index (χ4v) is 2.58. The molecule has 0 aliphatic rings. The van der Waals surface area contributed by atoms with Gasteiger partial charge in [0.15, 0.2) is 11.5 Å². The third kappa shape index (κ3) is 3.90. The first-order valence-electron chi connectivity index (χ1n) is 8.07. The summed E-state index contributed by atoms with van der Waals surface area (Å²) in [6.07, 6.45) is 0. The Morgan fingerprint density at radius 3 is 2.07 bits per heavy atom. The minimum Gasteiger partial charge on any atom is -0.476 e. The normalized spacial score (nSPS) is 11.3. The van der Waals surface area contributed by atoms with Gasteiger partial charge in [0.2, 0.25) is 0 Å². The van der Waals surface area contributed by atoms with E-state index < -0.39 is 5.97 Å². The van der Waals surface area contributed by atoms with E-state index in [0.717, 1.165) is 16.7 Å². The highest BCUT2D eigenvalue weighted by Gasteiger charge is 2.16. The number of benzene rings is 2. The molecule has 0 bridgehead atoms. The fraction of sp³-hybridized carbons (Fsp3) is 0.105. The van der Waals surface area contributed by atoms with Crippen LogP contribution in [-0.2, 0) is 0 Å². The van der Waals surface area contributed by atoms with Crippen molar-refractivity contribution < 1.29 is 9.90 Å². The number of carboxylic acids is 1. The number of aromatic amines is 1. The maximum absolute atomic E-state index is 11.2. The standard InChI is InChI=1S/C19H18N6O2/c1-20-18(23-25(2)3)15-10-6-13(7-11-15)12-4-8-14(9-5-12)16-17(19(26)27)22-24-21-16/h4-11H,1H2,2-3H3,(H,26,27)(H,21,22,24)/b23-18-. The van der Waals surface area contributed by atoms with Gasteiger partial charge >= 0.3 is 5.97 Å². The van der Waals surface area contributed by atoms with E-state index in [-0.39, 0.29) is 5.69 Å². The summed E-state index contributed by atoms with van der Waals surface area (Å²) in [6.45, 7) is 3.56. The van der Waals surface area contributed by atoms with Gasteiger partial charge in [0.1, 0.15) is 5.69 Å². The highest BCUT2D eigenvalue weighted by molar-refractivity contribution is 6.01. The van der Waals surface area contributed by atoms with E-state index in [4.69, 9.17) is 5.11 Å². The molecule has 3 aromatic rings. The monoisotopic (exact) mass is 362 g/mol. The van der Waals surface area contributed by atoms with Gasteiger partial charge in [0.25, 0.3) is 0 Å². The molecule has 0 fully saturated rings. The lowest BCUT2D eigenvalue weighted by Crippen LogP contribution is -2.08. The van der Waals surface area contributed by atoms with E-state index in [1.165, 1.54) is 0 Å². The van der Waals surface area contributed by atoms with Crippen LogP contribution in [0.1, 0.15) is 16.1 Å². The summed E-state index contributed by atoms with van der Waals surface area (Å²) in [5.74, 6) is -0.571. The van der Waals surface area contributed by atoms with E-state index in [2.05, 4.69) is 32.2 Å². The molecule has 27 heavy (non-hydrogen) atoms. The van der Waals surface area contributed by atoms with Gasteiger partial charge in [-0.05, 0) is 17.8 Å². The number of hydrogen-bond acceptors (Lipinski definition) is 5. The molecule has 0 unspecified atom stereocenters. The molecule has 8 heteroatoms. The predicted molar refractivity (Wildman–Crippen MR) is 104 cm³/mol. The van der Waals surface area contributed by atoms with Crippen LogP contribution in [0.25, 0.3) is 22.4 Å². The molecule has 136 valence electrons. The van der Waals surface area contributed by atoms with Crippen LogP contribution in [0.4, 0.5) is 0 Å². The molecule has 2 N–H and O–H groups in total. The molecule has 0 saturated carbocycles. The number of amidine groups is 1. The average Bonchev–Trinajstić information content (AvgIpc) is 3.16. The molecule has 1 aromatic heterocycles. The van der Waals surface area contributed by atoms with Crippen LogP contribution in [0.15, 0.2) is 58.6 Å². The van der Waals surface area contributed by atoms with E-state index >= 15 is 0 Å². The van der Waals surface area contributed by atoms with Crippen molar-refractivity contribution in [3.05, 3.63) is 59.8 Å². The molecule has 0 saturated heterocycles. The van der Waals surface area contributed by atoms with E-state index in [1.54, 1.807) is 5.01 Å². The predicted octanol–water partition coefficient (Wildman–Crippen LogP) is 2.76. The summed E-state index contributed by atoms with van der Waals surface area (Å²) < 4.78 is 0. The summed E-state index contributed by atoms with van der Waals surface area (Å²) >= 11 is 0. The number of nitrogens with one attached hydrogen (secondary N) is 1. The number of aromatic carboxylic acids is 1. The lowest BCUT2D eigenvalue weighted by atomic mass is 10.0. The largest absolute Gasteiger partial charge is 0.476 e. The zero-order valence-electron chi connectivity index (χ0n) is 14.9. The molecule has 0 atom stereocenters. The van der Waals surface area contributed by atoms with Crippen LogP contribution < -0.4 is 0 Å². The number of aromatic nitrogens is 3. The molecule has 0 radical (unpaired) electrons. The molecule has 0 aliphatic heterocycles. The Bertz CT molecular complexity index is 988. The van der Waals surface area contributed by atoms with Crippen LogP contribution >= 0.6 is 0 Å². The molecule has 1 heterocycles. The number of aliphatic imine (C=N–C) groups is 1. The highest BCUT2D eigenvalue weighted by atomic mass is 16.4. The maximum Gasteiger partial charge on any atom is 0.358 e. The van der Waals surface area contributed by atoms with Gasteiger partial charge in [-0.25, -0.2) is 9.79 Å². The topological polar surface area (TPSA) is 107 Å². The van der Waals surface area contributed by atoms with Crippen molar-refractivity contribution in [3.8, 4) is 22.4 Å². The number of carbonyl (C=O) groups is 1. The second kappa shape index (κ2) is 7.61. The Labute approximate surface area is 155 Å². The summed E-state index contributed by atoms with van der Waals surface area (Å²) in [7, 11) is 3.65. The Balaban J connectivity index is 1.86. The van der Waals surface area contributed by atoms with Gasteiger partial charge in [0.05, 0.1) is 0 Å². The van der Waals surface area contributed by atoms with Crippen LogP contribution in [0.5, 0.6) is 0 Å². The Kier molecular flexibility index (Phi) is 5.07. The molecular formula is C19H18N6O2. The number of hydrogen-bond donors (Lipinski definition) is 2. The maximum atomic E-state index is 11.2. The number of carboxylic acid groups (broad SMARTS) is 1. The van der Waals surface area contributed by atoms with Crippen molar-refractivity contribution in [1.29, 1.82) is 0 Å². The fourth-order valence-electron chi connectivity index (χ4n) is 2.58. The van der Waals surface area contributed by atoms with Gasteiger partial charge in [-0.3, -0.25) is 0 Å². The third-order valence-electron chi connectivity index (χ3n) is 3.83. The number of H-pyrrole nitrogens is 1. The van der Waals surface area contributed by atoms with E-state index in [9.17, 15) is 4.79 Å². The summed E-state index contributed by atoms with van der Waals surface area (Å²) in [5, 5.41) is 25.0. The summed E-state index contributed by atoms with van der Waals surface area (Å²) in [5.41, 5.74) is 3.76.